The van der Waals surface area contributed by atoms with E-state index in [0.717, 1.165) is 12.3 Å². The molecular formula is C12H12F3N3O2. The zero-order valence-electron chi connectivity index (χ0n) is 10.6. The molecule has 5 nitrogen and oxygen atoms in total. The van der Waals surface area contributed by atoms with Crippen molar-refractivity contribution in [3.8, 4) is 0 Å². The first kappa shape index (κ1) is 14.3. The summed E-state index contributed by atoms with van der Waals surface area (Å²) in [5.41, 5.74) is -0.199. The molecule has 0 bridgehead atoms. The van der Waals surface area contributed by atoms with Crippen molar-refractivity contribution in [2.45, 2.75) is 19.5 Å². The summed E-state index contributed by atoms with van der Waals surface area (Å²) in [5.74, 6) is 0.450. The average Bonchev–Trinajstić information content (AvgIpc) is 2.37. The van der Waals surface area contributed by atoms with Crippen LogP contribution in [0.15, 0.2) is 23.9 Å². The van der Waals surface area contributed by atoms with Crippen molar-refractivity contribution in [1.82, 2.24) is 4.98 Å². The fourth-order valence-electron chi connectivity index (χ4n) is 2.03. The van der Waals surface area contributed by atoms with Gasteiger partial charge in [-0.25, -0.2) is 4.98 Å². The van der Waals surface area contributed by atoms with E-state index < -0.39 is 16.7 Å². The van der Waals surface area contributed by atoms with E-state index in [4.69, 9.17) is 0 Å². The molecule has 0 saturated heterocycles. The molecule has 0 aromatic carbocycles. The molecule has 0 saturated carbocycles. The van der Waals surface area contributed by atoms with Crippen LogP contribution in [0.5, 0.6) is 0 Å². The number of pyridine rings is 1. The smallest absolute Gasteiger partial charge is 0.353 e. The van der Waals surface area contributed by atoms with Gasteiger partial charge in [0.15, 0.2) is 0 Å². The first-order valence-electron chi connectivity index (χ1n) is 5.91. The quantitative estimate of drug-likeness (QED) is 0.476. The predicted octanol–water partition coefficient (Wildman–Crippen LogP) is 3.00. The fraction of sp³-hybridized carbons (Fsp3) is 0.417. The molecule has 0 radical (unpaired) electrons. The molecule has 0 atom stereocenters. The Hall–Kier alpha value is -2.12. The molecule has 0 fully saturated rings. The maximum atomic E-state index is 12.5. The second kappa shape index (κ2) is 5.10. The fourth-order valence-corrected chi connectivity index (χ4v) is 2.03. The molecule has 0 unspecified atom stereocenters. The standard InChI is InChI=1S/C12H12F3N3O2/c1-8-6-11(16-7-10(8)18(19)20)17-4-2-9(3-5-17)12(13,14)15/h2,6-7H,3-5H2,1H3. The zero-order chi connectivity index (χ0) is 14.9. The summed E-state index contributed by atoms with van der Waals surface area (Å²) >= 11 is 0. The van der Waals surface area contributed by atoms with Crippen LogP contribution in [-0.4, -0.2) is 29.2 Å². The monoisotopic (exact) mass is 287 g/mol. The lowest BCUT2D eigenvalue weighted by molar-refractivity contribution is -0.385. The maximum absolute atomic E-state index is 12.5. The third kappa shape index (κ3) is 2.89. The van der Waals surface area contributed by atoms with Crippen LogP contribution in [-0.2, 0) is 0 Å². The number of rotatable bonds is 2. The Kier molecular flexibility index (Phi) is 3.65. The highest BCUT2D eigenvalue weighted by molar-refractivity contribution is 5.49. The SMILES string of the molecule is Cc1cc(N2CC=C(C(F)(F)F)CC2)ncc1[N+](=O)[O-]. The van der Waals surface area contributed by atoms with Gasteiger partial charge in [0, 0.05) is 24.2 Å². The lowest BCUT2D eigenvalue weighted by Crippen LogP contribution is -2.32. The first-order valence-corrected chi connectivity index (χ1v) is 5.91. The molecule has 1 aliphatic rings. The molecule has 0 N–H and O–H groups in total. The van der Waals surface area contributed by atoms with Gasteiger partial charge in [-0.05, 0) is 19.4 Å². The molecule has 20 heavy (non-hydrogen) atoms. The van der Waals surface area contributed by atoms with Gasteiger partial charge >= 0.3 is 6.18 Å². The van der Waals surface area contributed by atoms with E-state index in [-0.39, 0.29) is 25.2 Å². The summed E-state index contributed by atoms with van der Waals surface area (Å²) in [5, 5.41) is 10.7. The number of aryl methyl sites for hydroxylation is 1. The van der Waals surface area contributed by atoms with Gasteiger partial charge in [0.25, 0.3) is 5.69 Å². The van der Waals surface area contributed by atoms with Gasteiger partial charge in [-0.3, -0.25) is 10.1 Å². The second-order valence-electron chi connectivity index (χ2n) is 4.51. The zero-order valence-corrected chi connectivity index (χ0v) is 10.6. The van der Waals surface area contributed by atoms with E-state index in [1.165, 1.54) is 6.07 Å². The highest BCUT2D eigenvalue weighted by atomic mass is 19.4. The lowest BCUT2D eigenvalue weighted by Gasteiger charge is -2.28. The van der Waals surface area contributed by atoms with Gasteiger partial charge in [0.05, 0.1) is 4.92 Å². The van der Waals surface area contributed by atoms with E-state index in [9.17, 15) is 23.3 Å². The minimum atomic E-state index is -4.29. The molecule has 0 aliphatic carbocycles. The molecule has 0 amide bonds. The highest BCUT2D eigenvalue weighted by Crippen LogP contribution is 2.31. The van der Waals surface area contributed by atoms with Gasteiger partial charge in [0.2, 0.25) is 0 Å². The third-order valence-electron chi connectivity index (χ3n) is 3.16. The minimum Gasteiger partial charge on any atom is -0.353 e. The van der Waals surface area contributed by atoms with Crippen LogP contribution in [0.4, 0.5) is 24.7 Å². The number of aromatic nitrogens is 1. The molecule has 2 rings (SSSR count). The predicted molar refractivity (Wildman–Crippen MR) is 66.6 cm³/mol. The summed E-state index contributed by atoms with van der Waals surface area (Å²) in [6.45, 7) is 1.86. The molecule has 1 aromatic rings. The Morgan fingerprint density at radius 2 is 2.15 bits per heavy atom. The first-order chi connectivity index (χ1) is 9.29. The largest absolute Gasteiger partial charge is 0.412 e. The van der Waals surface area contributed by atoms with Crippen LogP contribution in [0.3, 0.4) is 0 Å². The molecule has 8 heteroatoms. The van der Waals surface area contributed by atoms with Crippen LogP contribution < -0.4 is 4.90 Å². The van der Waals surface area contributed by atoms with Gasteiger partial charge in [0.1, 0.15) is 12.0 Å². The van der Waals surface area contributed by atoms with Crippen molar-refractivity contribution in [3.63, 3.8) is 0 Å². The molecule has 2 heterocycles. The summed E-state index contributed by atoms with van der Waals surface area (Å²) in [4.78, 5) is 15.7. The number of halogens is 3. The van der Waals surface area contributed by atoms with Crippen molar-refractivity contribution in [1.29, 1.82) is 0 Å². The Labute approximate surface area is 112 Å². The molecule has 0 spiro atoms. The summed E-state index contributed by atoms with van der Waals surface area (Å²) < 4.78 is 37.5. The van der Waals surface area contributed by atoms with Gasteiger partial charge in [-0.2, -0.15) is 13.2 Å². The van der Waals surface area contributed by atoms with E-state index in [0.29, 0.717) is 11.4 Å². The van der Waals surface area contributed by atoms with Crippen LogP contribution >= 0.6 is 0 Å². The van der Waals surface area contributed by atoms with Crippen LogP contribution in [0, 0.1) is 17.0 Å². The summed E-state index contributed by atoms with van der Waals surface area (Å²) in [6, 6.07) is 1.52. The Bertz CT molecular complexity index is 570. The topological polar surface area (TPSA) is 59.3 Å². The van der Waals surface area contributed by atoms with Crippen LogP contribution in [0.2, 0.25) is 0 Å². The van der Waals surface area contributed by atoms with Gasteiger partial charge < -0.3 is 4.90 Å². The average molecular weight is 287 g/mol. The van der Waals surface area contributed by atoms with Crippen molar-refractivity contribution >= 4 is 11.5 Å². The van der Waals surface area contributed by atoms with Crippen LogP contribution in [0.1, 0.15) is 12.0 Å². The maximum Gasteiger partial charge on any atom is 0.412 e. The normalized spacial score (nSPS) is 16.0. The van der Waals surface area contributed by atoms with E-state index in [2.05, 4.69) is 4.98 Å². The second-order valence-corrected chi connectivity index (χ2v) is 4.51. The number of hydrogen-bond acceptors (Lipinski definition) is 4. The summed E-state index contributed by atoms with van der Waals surface area (Å²) in [6.07, 6.45) is -2.14. The lowest BCUT2D eigenvalue weighted by atomic mass is 10.1. The number of anilines is 1. The Balaban J connectivity index is 2.17. The van der Waals surface area contributed by atoms with Crippen molar-refractivity contribution in [2.75, 3.05) is 18.0 Å². The van der Waals surface area contributed by atoms with E-state index in [1.54, 1.807) is 11.8 Å². The Morgan fingerprint density at radius 3 is 2.60 bits per heavy atom. The number of alkyl halides is 3. The number of nitro groups is 1. The minimum absolute atomic E-state index is 0.0963. The van der Waals surface area contributed by atoms with Crippen LogP contribution in [0.25, 0.3) is 0 Å². The van der Waals surface area contributed by atoms with E-state index >= 15 is 0 Å². The summed E-state index contributed by atoms with van der Waals surface area (Å²) in [7, 11) is 0. The molecule has 1 aromatic heterocycles. The highest BCUT2D eigenvalue weighted by Gasteiger charge is 2.35. The van der Waals surface area contributed by atoms with Gasteiger partial charge in [-0.1, -0.05) is 6.08 Å². The van der Waals surface area contributed by atoms with Crippen molar-refractivity contribution in [2.24, 2.45) is 0 Å². The Morgan fingerprint density at radius 1 is 1.45 bits per heavy atom. The molecule has 1 aliphatic heterocycles. The van der Waals surface area contributed by atoms with Gasteiger partial charge in [-0.15, -0.1) is 0 Å². The van der Waals surface area contributed by atoms with E-state index in [1.807, 2.05) is 0 Å². The molecule has 108 valence electrons. The van der Waals surface area contributed by atoms with Crippen molar-refractivity contribution in [3.05, 3.63) is 39.6 Å². The molecular weight excluding hydrogens is 275 g/mol. The van der Waals surface area contributed by atoms with Crippen molar-refractivity contribution < 1.29 is 18.1 Å². The number of hydrogen-bond donors (Lipinski definition) is 0. The third-order valence-corrected chi connectivity index (χ3v) is 3.16. The number of nitrogens with zero attached hydrogens (tertiary/aromatic N) is 3.